The molecule has 0 saturated carbocycles. The summed E-state index contributed by atoms with van der Waals surface area (Å²) in [6.07, 6.45) is 5.82. The second kappa shape index (κ2) is 6.31. The highest BCUT2D eigenvalue weighted by molar-refractivity contribution is 7.99. The molecule has 0 aliphatic carbocycles. The summed E-state index contributed by atoms with van der Waals surface area (Å²) in [6, 6.07) is 0. The van der Waals surface area contributed by atoms with Crippen LogP contribution in [0, 0.1) is 6.92 Å². The average molecular weight is 301 g/mol. The van der Waals surface area contributed by atoms with Gasteiger partial charge in [-0.25, -0.2) is 15.0 Å². The quantitative estimate of drug-likeness (QED) is 0.493. The van der Waals surface area contributed by atoms with Crippen LogP contribution in [0.3, 0.4) is 0 Å². The average Bonchev–Trinajstić information content (AvgIpc) is 2.34. The fourth-order valence-electron chi connectivity index (χ4n) is 1.43. The lowest BCUT2D eigenvalue weighted by molar-refractivity contribution is 0.996. The van der Waals surface area contributed by atoms with Gasteiger partial charge in [0.25, 0.3) is 0 Å². The summed E-state index contributed by atoms with van der Waals surface area (Å²) in [5.41, 5.74) is 1.75. The smallest absolute Gasteiger partial charge is 0.224 e. The van der Waals surface area contributed by atoms with Crippen molar-refractivity contribution in [2.75, 3.05) is 5.75 Å². The minimum atomic E-state index is 0.183. The molecule has 0 amide bonds. The highest BCUT2D eigenvalue weighted by Gasteiger charge is 2.09. The number of rotatable bonds is 4. The first-order valence-corrected chi connectivity index (χ1v) is 6.98. The fraction of sp³-hybridized carbons (Fsp3) is 0.273. The van der Waals surface area contributed by atoms with Crippen LogP contribution >= 0.6 is 35.0 Å². The molecule has 0 spiro atoms. The second-order valence-corrected chi connectivity index (χ2v) is 5.30. The van der Waals surface area contributed by atoms with Crippen molar-refractivity contribution in [3.05, 3.63) is 40.3 Å². The van der Waals surface area contributed by atoms with Crippen molar-refractivity contribution in [2.45, 2.75) is 18.4 Å². The molecule has 7 heteroatoms. The molecule has 4 nitrogen and oxygen atoms in total. The van der Waals surface area contributed by atoms with Crippen LogP contribution < -0.4 is 0 Å². The summed E-state index contributed by atoms with van der Waals surface area (Å²) in [4.78, 5) is 16.2. The third kappa shape index (κ3) is 3.54. The third-order valence-electron chi connectivity index (χ3n) is 2.28. The van der Waals surface area contributed by atoms with E-state index in [2.05, 4.69) is 19.9 Å². The fourth-order valence-corrected chi connectivity index (χ4v) is 2.78. The van der Waals surface area contributed by atoms with Gasteiger partial charge in [0.05, 0.1) is 6.20 Å². The van der Waals surface area contributed by atoms with Gasteiger partial charge in [-0.15, -0.1) is 11.8 Å². The van der Waals surface area contributed by atoms with Crippen LogP contribution in [0.25, 0.3) is 0 Å². The summed E-state index contributed by atoms with van der Waals surface area (Å²) >= 11 is 13.4. The molecule has 2 rings (SSSR count). The Kier molecular flexibility index (Phi) is 4.74. The number of hydrogen-bond acceptors (Lipinski definition) is 5. The van der Waals surface area contributed by atoms with Gasteiger partial charge in [0.2, 0.25) is 5.28 Å². The van der Waals surface area contributed by atoms with E-state index in [0.717, 1.165) is 28.5 Å². The predicted octanol–water partition coefficient (Wildman–Crippen LogP) is 3.22. The van der Waals surface area contributed by atoms with Crippen molar-refractivity contribution < 1.29 is 0 Å². The van der Waals surface area contributed by atoms with Crippen molar-refractivity contribution in [3.8, 4) is 0 Å². The Morgan fingerprint density at radius 2 is 2.06 bits per heavy atom. The van der Waals surface area contributed by atoms with E-state index in [0.29, 0.717) is 5.15 Å². The van der Waals surface area contributed by atoms with Gasteiger partial charge < -0.3 is 0 Å². The van der Waals surface area contributed by atoms with Crippen LogP contribution in [0.5, 0.6) is 0 Å². The molecule has 0 atom stereocenters. The molecule has 94 valence electrons. The lowest BCUT2D eigenvalue weighted by Crippen LogP contribution is -2.00. The summed E-state index contributed by atoms with van der Waals surface area (Å²) in [5, 5.41) is 1.50. The summed E-state index contributed by atoms with van der Waals surface area (Å²) in [7, 11) is 0. The molecule has 0 aliphatic heterocycles. The number of halogens is 2. The number of thioether (sulfide) groups is 1. The van der Waals surface area contributed by atoms with Crippen LogP contribution in [0.2, 0.25) is 10.4 Å². The first-order chi connectivity index (χ1) is 8.66. The van der Waals surface area contributed by atoms with E-state index < -0.39 is 0 Å². The number of aryl methyl sites for hydroxylation is 1. The van der Waals surface area contributed by atoms with Gasteiger partial charge in [-0.05, 0) is 24.9 Å². The molecule has 0 fully saturated rings. The van der Waals surface area contributed by atoms with Crippen molar-refractivity contribution in [2.24, 2.45) is 0 Å². The van der Waals surface area contributed by atoms with Gasteiger partial charge >= 0.3 is 0 Å². The lowest BCUT2D eigenvalue weighted by Gasteiger charge is -2.06. The molecule has 0 radical (unpaired) electrons. The molecule has 2 heterocycles. The normalized spacial score (nSPS) is 10.6. The number of nitrogens with zero attached hydrogens (tertiary/aromatic N) is 4. The summed E-state index contributed by atoms with van der Waals surface area (Å²) in [6.45, 7) is 1.88. The van der Waals surface area contributed by atoms with Crippen molar-refractivity contribution in [1.29, 1.82) is 0 Å². The van der Waals surface area contributed by atoms with Crippen LogP contribution in [0.1, 0.15) is 11.3 Å². The lowest BCUT2D eigenvalue weighted by atomic mass is 10.2. The van der Waals surface area contributed by atoms with Crippen molar-refractivity contribution in [1.82, 2.24) is 19.9 Å². The Hall–Kier alpha value is -0.910. The van der Waals surface area contributed by atoms with E-state index in [4.69, 9.17) is 23.2 Å². The maximum atomic E-state index is 6.04. The summed E-state index contributed by atoms with van der Waals surface area (Å²) in [5.74, 6) is 0.838. The second-order valence-electron chi connectivity index (χ2n) is 3.49. The third-order valence-corrected chi connectivity index (χ3v) is 3.67. The molecule has 0 N–H and O–H groups in total. The zero-order valence-corrected chi connectivity index (χ0v) is 11.9. The van der Waals surface area contributed by atoms with Gasteiger partial charge in [0.15, 0.2) is 0 Å². The van der Waals surface area contributed by atoms with Gasteiger partial charge in [-0.1, -0.05) is 11.6 Å². The van der Waals surface area contributed by atoms with Crippen molar-refractivity contribution in [3.63, 3.8) is 0 Å². The molecular weight excluding hydrogens is 291 g/mol. The number of aromatic nitrogens is 4. The van der Waals surface area contributed by atoms with Crippen molar-refractivity contribution >= 4 is 35.0 Å². The first kappa shape index (κ1) is 13.5. The van der Waals surface area contributed by atoms with Gasteiger partial charge in [0.1, 0.15) is 10.2 Å². The van der Waals surface area contributed by atoms with Crippen LogP contribution in [0.15, 0.2) is 23.6 Å². The van der Waals surface area contributed by atoms with E-state index in [1.807, 2.05) is 6.92 Å². The van der Waals surface area contributed by atoms with E-state index >= 15 is 0 Å². The largest absolute Gasteiger partial charge is 0.260 e. The zero-order chi connectivity index (χ0) is 13.0. The molecule has 0 saturated heterocycles. The van der Waals surface area contributed by atoms with Gasteiger partial charge in [-0.2, -0.15) is 0 Å². The maximum Gasteiger partial charge on any atom is 0.224 e. The van der Waals surface area contributed by atoms with Gasteiger partial charge in [-0.3, -0.25) is 4.98 Å². The highest BCUT2D eigenvalue weighted by Crippen LogP contribution is 2.22. The Labute approximate surface area is 119 Å². The molecule has 0 bridgehead atoms. The van der Waals surface area contributed by atoms with E-state index in [1.165, 1.54) is 0 Å². The molecule has 0 aliphatic rings. The maximum absolute atomic E-state index is 6.04. The minimum absolute atomic E-state index is 0.183. The zero-order valence-electron chi connectivity index (χ0n) is 9.60. The van der Waals surface area contributed by atoms with Gasteiger partial charge in [0, 0.05) is 29.4 Å². The number of hydrogen-bond donors (Lipinski definition) is 0. The molecule has 2 aromatic rings. The summed E-state index contributed by atoms with van der Waals surface area (Å²) < 4.78 is 0. The molecule has 0 aromatic carbocycles. The standard InChI is InChI=1S/C11H10Cl2N4S/c1-7-8(10(12)17-11(13)16-7)2-5-18-9-6-14-3-4-15-9/h3-4,6H,2,5H2,1H3. The molecule has 0 unspecified atom stereocenters. The van der Waals surface area contributed by atoms with E-state index in [-0.39, 0.29) is 5.28 Å². The highest BCUT2D eigenvalue weighted by atomic mass is 35.5. The Morgan fingerprint density at radius 1 is 1.22 bits per heavy atom. The minimum Gasteiger partial charge on any atom is -0.260 e. The van der Waals surface area contributed by atoms with Crippen LogP contribution in [-0.4, -0.2) is 25.7 Å². The Bertz CT molecular complexity index is 513. The SMILES string of the molecule is Cc1nc(Cl)nc(Cl)c1CCSc1cnccn1. The van der Waals surface area contributed by atoms with Crippen LogP contribution in [0.4, 0.5) is 0 Å². The molecular formula is C11H10Cl2N4S. The Balaban J connectivity index is 1.99. The van der Waals surface area contributed by atoms with E-state index in [1.54, 1.807) is 30.4 Å². The first-order valence-electron chi connectivity index (χ1n) is 5.24. The van der Waals surface area contributed by atoms with Crippen LogP contribution in [-0.2, 0) is 6.42 Å². The molecule has 18 heavy (non-hydrogen) atoms. The molecule has 2 aromatic heterocycles. The topological polar surface area (TPSA) is 51.6 Å². The predicted molar refractivity (Wildman–Crippen MR) is 73.2 cm³/mol. The van der Waals surface area contributed by atoms with E-state index in [9.17, 15) is 0 Å². The Morgan fingerprint density at radius 3 is 2.72 bits per heavy atom. The monoisotopic (exact) mass is 300 g/mol.